The van der Waals surface area contributed by atoms with Gasteiger partial charge in [-0.1, -0.05) is 54.2 Å². The Balaban J connectivity index is 1.37. The van der Waals surface area contributed by atoms with Gasteiger partial charge in [0, 0.05) is 25.0 Å². The summed E-state index contributed by atoms with van der Waals surface area (Å²) >= 11 is 3.03. The van der Waals surface area contributed by atoms with Gasteiger partial charge in [0.1, 0.15) is 11.0 Å². The Labute approximate surface area is 231 Å². The number of anilines is 2. The monoisotopic (exact) mass is 537 g/mol. The molecule has 0 N–H and O–H groups in total. The number of aliphatic imine (C=N–C) groups is 1. The van der Waals surface area contributed by atoms with Gasteiger partial charge >= 0.3 is 0 Å². The maximum Gasteiger partial charge on any atom is 0.269 e. The van der Waals surface area contributed by atoms with Crippen LogP contribution in [0, 0.1) is 11.3 Å². The minimum absolute atomic E-state index is 0.0507. The topological polar surface area (TPSA) is 62.9 Å². The number of thioether (sulfide) groups is 2. The number of hydrogen-bond donors (Lipinski definition) is 0. The molecule has 0 bridgehead atoms. The van der Waals surface area contributed by atoms with Crippen LogP contribution in [0.15, 0.2) is 92.6 Å². The third-order valence-corrected chi connectivity index (χ3v) is 9.43. The van der Waals surface area contributed by atoms with Crippen LogP contribution in [0.3, 0.4) is 0 Å². The zero-order valence-electron chi connectivity index (χ0n) is 21.1. The molecule has 6 rings (SSSR count). The van der Waals surface area contributed by atoms with E-state index in [0.717, 1.165) is 52.8 Å². The maximum atomic E-state index is 13.8. The van der Waals surface area contributed by atoms with Crippen molar-refractivity contribution in [1.29, 1.82) is 5.26 Å². The second-order valence-electron chi connectivity index (χ2n) is 9.50. The fraction of sp³-hybridized carbons (Fsp3) is 0.233. The SMILES string of the molecule is CN1/C(=C2\SC(=Nc3ccc(N4CCCCC4)c(C#N)c3)N(Cc3ccccc3)C2=O)Sc2ccccc21. The predicted molar refractivity (Wildman–Crippen MR) is 157 cm³/mol. The number of rotatable bonds is 4. The van der Waals surface area contributed by atoms with Gasteiger partial charge in [-0.25, -0.2) is 4.99 Å². The lowest BCUT2D eigenvalue weighted by Gasteiger charge is -2.29. The van der Waals surface area contributed by atoms with E-state index in [4.69, 9.17) is 4.99 Å². The lowest BCUT2D eigenvalue weighted by Crippen LogP contribution is -2.30. The van der Waals surface area contributed by atoms with Crippen molar-refractivity contribution in [2.75, 3.05) is 29.9 Å². The number of amides is 1. The van der Waals surface area contributed by atoms with Crippen LogP contribution in [-0.4, -0.2) is 36.1 Å². The molecular weight excluding hydrogens is 510 g/mol. The van der Waals surface area contributed by atoms with E-state index >= 15 is 0 Å². The van der Waals surface area contributed by atoms with E-state index in [1.165, 1.54) is 18.2 Å². The maximum absolute atomic E-state index is 13.8. The first-order valence-electron chi connectivity index (χ1n) is 12.8. The standard InChI is InChI=1S/C30H27N5OS2/c1-33-25-12-6-7-13-26(25)37-29(33)27-28(36)35(20-21-10-4-2-5-11-21)30(38-27)32-23-14-15-24(22(18-23)19-31)34-16-8-3-9-17-34/h2,4-7,10-15,18H,3,8-9,16-17,20H2,1H3/b29-27+,32-30?. The van der Waals surface area contributed by atoms with Crippen molar-refractivity contribution >= 4 is 51.7 Å². The van der Waals surface area contributed by atoms with Crippen molar-refractivity contribution in [3.05, 3.63) is 93.9 Å². The highest BCUT2D eigenvalue weighted by atomic mass is 32.2. The van der Waals surface area contributed by atoms with Crippen molar-refractivity contribution in [2.24, 2.45) is 4.99 Å². The minimum atomic E-state index is -0.0507. The number of amidine groups is 1. The van der Waals surface area contributed by atoms with Gasteiger partial charge in [-0.05, 0) is 66.9 Å². The Morgan fingerprint density at radius 2 is 1.68 bits per heavy atom. The molecule has 3 heterocycles. The van der Waals surface area contributed by atoms with Gasteiger partial charge in [0.25, 0.3) is 5.91 Å². The van der Waals surface area contributed by atoms with Crippen molar-refractivity contribution in [3.8, 4) is 6.07 Å². The number of nitriles is 1. The summed E-state index contributed by atoms with van der Waals surface area (Å²) in [6.07, 6.45) is 3.54. The molecular formula is C30H27N5OS2. The highest BCUT2D eigenvalue weighted by molar-refractivity contribution is 8.19. The quantitative estimate of drug-likeness (QED) is 0.344. The summed E-state index contributed by atoms with van der Waals surface area (Å²) in [5.74, 6) is -0.0507. The van der Waals surface area contributed by atoms with E-state index in [9.17, 15) is 10.1 Å². The first kappa shape index (κ1) is 24.7. The number of piperidine rings is 1. The number of carbonyl (C=O) groups excluding carboxylic acids is 1. The summed E-state index contributed by atoms with van der Waals surface area (Å²) < 4.78 is 0. The molecule has 1 amide bonds. The zero-order valence-corrected chi connectivity index (χ0v) is 22.8. The van der Waals surface area contributed by atoms with Gasteiger partial charge in [-0.2, -0.15) is 5.26 Å². The molecule has 0 atom stereocenters. The largest absolute Gasteiger partial charge is 0.370 e. The van der Waals surface area contributed by atoms with E-state index in [2.05, 4.69) is 28.0 Å². The van der Waals surface area contributed by atoms with Crippen molar-refractivity contribution < 1.29 is 4.79 Å². The Morgan fingerprint density at radius 3 is 2.45 bits per heavy atom. The summed E-state index contributed by atoms with van der Waals surface area (Å²) in [6.45, 7) is 2.38. The Bertz CT molecular complexity index is 1490. The molecule has 3 aromatic carbocycles. The van der Waals surface area contributed by atoms with Crippen LogP contribution < -0.4 is 9.80 Å². The lowest BCUT2D eigenvalue weighted by atomic mass is 10.1. The summed E-state index contributed by atoms with van der Waals surface area (Å²) in [4.78, 5) is 26.7. The summed E-state index contributed by atoms with van der Waals surface area (Å²) in [6, 6.07) is 26.3. The normalized spacial score (nSPS) is 20.3. The fourth-order valence-corrected chi connectivity index (χ4v) is 7.37. The fourth-order valence-electron chi connectivity index (χ4n) is 5.03. The van der Waals surface area contributed by atoms with E-state index in [1.807, 2.05) is 67.7 Å². The second kappa shape index (κ2) is 10.6. The minimum Gasteiger partial charge on any atom is -0.370 e. The van der Waals surface area contributed by atoms with Crippen molar-refractivity contribution in [1.82, 2.24) is 4.90 Å². The van der Waals surface area contributed by atoms with Gasteiger partial charge in [-0.15, -0.1) is 0 Å². The molecule has 2 fully saturated rings. The van der Waals surface area contributed by atoms with Gasteiger partial charge in [-0.3, -0.25) is 9.69 Å². The van der Waals surface area contributed by atoms with E-state index in [1.54, 1.807) is 16.7 Å². The van der Waals surface area contributed by atoms with Gasteiger partial charge in [0.15, 0.2) is 5.17 Å². The molecule has 0 unspecified atom stereocenters. The van der Waals surface area contributed by atoms with E-state index in [0.29, 0.717) is 27.9 Å². The highest BCUT2D eigenvalue weighted by Gasteiger charge is 2.39. The molecule has 8 heteroatoms. The van der Waals surface area contributed by atoms with Crippen LogP contribution in [0.5, 0.6) is 0 Å². The molecule has 0 aliphatic carbocycles. The van der Waals surface area contributed by atoms with Gasteiger partial charge in [0.05, 0.1) is 34.2 Å². The first-order valence-corrected chi connectivity index (χ1v) is 14.4. The molecule has 0 saturated carbocycles. The zero-order chi connectivity index (χ0) is 26.1. The Morgan fingerprint density at radius 1 is 0.921 bits per heavy atom. The molecule has 190 valence electrons. The molecule has 3 aromatic rings. The number of benzene rings is 3. The molecule has 0 radical (unpaired) electrons. The van der Waals surface area contributed by atoms with Gasteiger partial charge < -0.3 is 9.80 Å². The summed E-state index contributed by atoms with van der Waals surface area (Å²) in [7, 11) is 2.00. The first-order chi connectivity index (χ1) is 18.6. The van der Waals surface area contributed by atoms with E-state index < -0.39 is 0 Å². The average molecular weight is 538 g/mol. The molecule has 38 heavy (non-hydrogen) atoms. The number of hydrogen-bond acceptors (Lipinski definition) is 7. The Hall–Kier alpha value is -3.67. The summed E-state index contributed by atoms with van der Waals surface area (Å²) in [5.41, 5.74) is 4.40. The highest BCUT2D eigenvalue weighted by Crippen LogP contribution is 2.50. The van der Waals surface area contributed by atoms with Crippen LogP contribution >= 0.6 is 23.5 Å². The van der Waals surface area contributed by atoms with Crippen molar-refractivity contribution in [3.63, 3.8) is 0 Å². The van der Waals surface area contributed by atoms with Gasteiger partial charge in [0.2, 0.25) is 0 Å². The van der Waals surface area contributed by atoms with Crippen LogP contribution in [0.25, 0.3) is 0 Å². The molecule has 3 aliphatic rings. The second-order valence-corrected chi connectivity index (χ2v) is 11.5. The third kappa shape index (κ3) is 4.68. The third-order valence-electron chi connectivity index (χ3n) is 7.00. The number of fused-ring (bicyclic) bond motifs is 1. The van der Waals surface area contributed by atoms with Crippen LogP contribution in [0.2, 0.25) is 0 Å². The molecule has 0 spiro atoms. The van der Waals surface area contributed by atoms with Crippen LogP contribution in [0.4, 0.5) is 17.1 Å². The number of nitrogens with zero attached hydrogens (tertiary/aromatic N) is 5. The number of carbonyl (C=O) groups is 1. The lowest BCUT2D eigenvalue weighted by molar-refractivity contribution is -0.122. The molecule has 2 saturated heterocycles. The molecule has 0 aromatic heterocycles. The van der Waals surface area contributed by atoms with Crippen molar-refractivity contribution in [2.45, 2.75) is 30.7 Å². The average Bonchev–Trinajstić information content (AvgIpc) is 3.45. The smallest absolute Gasteiger partial charge is 0.269 e. The van der Waals surface area contributed by atoms with Crippen LogP contribution in [-0.2, 0) is 11.3 Å². The molecule has 3 aliphatic heterocycles. The Kier molecular flexibility index (Phi) is 6.88. The van der Waals surface area contributed by atoms with E-state index in [-0.39, 0.29) is 5.91 Å². The molecule has 6 nitrogen and oxygen atoms in total. The van der Waals surface area contributed by atoms with Crippen LogP contribution in [0.1, 0.15) is 30.4 Å². The summed E-state index contributed by atoms with van der Waals surface area (Å²) in [5, 5.41) is 11.5. The predicted octanol–water partition coefficient (Wildman–Crippen LogP) is 6.72. The number of para-hydroxylation sites is 1.